The van der Waals surface area contributed by atoms with Gasteiger partial charge in [-0.2, -0.15) is 0 Å². The highest BCUT2D eigenvalue weighted by Gasteiger charge is 2.32. The SMILES string of the molecule is COC1=N[C@H](C(C)C)C(OC)=N[C@H]1C[C@H](COCc1ccccc1)C(C)C. The zero-order valence-electron chi connectivity index (χ0n) is 17.5. The van der Waals surface area contributed by atoms with E-state index in [1.165, 1.54) is 5.56 Å². The predicted octanol–water partition coefficient (Wildman–Crippen LogP) is 4.36. The number of aliphatic imine (C=N–C) groups is 2. The Morgan fingerprint density at radius 2 is 1.59 bits per heavy atom. The standard InChI is InChI=1S/C22H34N2O3/c1-15(2)18(14-27-13-17-10-8-7-9-11-17)12-19-21(25-5)24-20(16(3)4)22(23-19)26-6/h7-11,15-16,18-20H,12-14H2,1-6H3/t18-,19+,20-/m1/s1. The van der Waals surface area contributed by atoms with E-state index in [0.29, 0.717) is 42.8 Å². The Balaban J connectivity index is 2.03. The maximum atomic E-state index is 6.01. The van der Waals surface area contributed by atoms with Crippen LogP contribution in [0.25, 0.3) is 0 Å². The van der Waals surface area contributed by atoms with Gasteiger partial charge in [-0.15, -0.1) is 0 Å². The van der Waals surface area contributed by atoms with E-state index in [0.717, 1.165) is 6.42 Å². The van der Waals surface area contributed by atoms with Crippen molar-refractivity contribution < 1.29 is 14.2 Å². The summed E-state index contributed by atoms with van der Waals surface area (Å²) < 4.78 is 17.1. The number of ether oxygens (including phenoxy) is 3. The average Bonchev–Trinajstić information content (AvgIpc) is 2.67. The summed E-state index contributed by atoms with van der Waals surface area (Å²) in [4.78, 5) is 9.60. The van der Waals surface area contributed by atoms with Crippen molar-refractivity contribution >= 4 is 11.8 Å². The smallest absolute Gasteiger partial charge is 0.209 e. The molecule has 0 radical (unpaired) electrons. The second-order valence-corrected chi connectivity index (χ2v) is 7.79. The minimum absolute atomic E-state index is 0.0759. The van der Waals surface area contributed by atoms with Gasteiger partial charge in [0.15, 0.2) is 0 Å². The highest BCUT2D eigenvalue weighted by atomic mass is 16.5. The molecule has 0 spiro atoms. The van der Waals surface area contributed by atoms with Crippen molar-refractivity contribution in [3.05, 3.63) is 35.9 Å². The quantitative estimate of drug-likeness (QED) is 0.679. The first-order chi connectivity index (χ1) is 13.0. The summed E-state index contributed by atoms with van der Waals surface area (Å²) in [5.74, 6) is 2.54. The van der Waals surface area contributed by atoms with E-state index in [-0.39, 0.29) is 12.1 Å². The summed E-state index contributed by atoms with van der Waals surface area (Å²) in [5, 5.41) is 0. The van der Waals surface area contributed by atoms with Gasteiger partial charge in [0.1, 0.15) is 12.1 Å². The van der Waals surface area contributed by atoms with E-state index in [4.69, 9.17) is 24.2 Å². The Bertz CT molecular complexity index is 626. The first-order valence-electron chi connectivity index (χ1n) is 9.81. The van der Waals surface area contributed by atoms with Crippen molar-refractivity contribution in [3.63, 3.8) is 0 Å². The van der Waals surface area contributed by atoms with Crippen LogP contribution in [0.3, 0.4) is 0 Å². The number of methoxy groups -OCH3 is 2. The number of rotatable bonds is 8. The summed E-state index contributed by atoms with van der Waals surface area (Å²) in [6.07, 6.45) is 0.830. The molecule has 0 bridgehead atoms. The third-order valence-electron chi connectivity index (χ3n) is 5.05. The molecule has 0 saturated heterocycles. The molecule has 0 amide bonds. The van der Waals surface area contributed by atoms with Crippen LogP contribution in [0.4, 0.5) is 0 Å². The molecule has 0 N–H and O–H groups in total. The molecule has 1 aliphatic heterocycles. The fourth-order valence-corrected chi connectivity index (χ4v) is 3.24. The molecule has 27 heavy (non-hydrogen) atoms. The number of hydrogen-bond donors (Lipinski definition) is 0. The molecule has 2 rings (SSSR count). The lowest BCUT2D eigenvalue weighted by Gasteiger charge is -2.30. The summed E-state index contributed by atoms with van der Waals surface area (Å²) >= 11 is 0. The van der Waals surface area contributed by atoms with Crippen LogP contribution < -0.4 is 0 Å². The largest absolute Gasteiger partial charge is 0.483 e. The normalized spacial score (nSPS) is 21.0. The van der Waals surface area contributed by atoms with Gasteiger partial charge in [-0.1, -0.05) is 58.0 Å². The van der Waals surface area contributed by atoms with Gasteiger partial charge in [0, 0.05) is 0 Å². The lowest BCUT2D eigenvalue weighted by atomic mass is 9.89. The molecule has 1 aliphatic rings. The Labute approximate surface area is 163 Å². The van der Waals surface area contributed by atoms with Crippen LogP contribution in [-0.2, 0) is 20.8 Å². The van der Waals surface area contributed by atoms with E-state index in [1.807, 2.05) is 18.2 Å². The van der Waals surface area contributed by atoms with Gasteiger partial charge < -0.3 is 14.2 Å². The zero-order chi connectivity index (χ0) is 19.8. The van der Waals surface area contributed by atoms with Crippen molar-refractivity contribution in [2.45, 2.75) is 52.8 Å². The van der Waals surface area contributed by atoms with Gasteiger partial charge in [-0.05, 0) is 29.7 Å². The molecule has 150 valence electrons. The van der Waals surface area contributed by atoms with Crippen LogP contribution in [0.1, 0.15) is 39.7 Å². The molecule has 0 aromatic heterocycles. The lowest BCUT2D eigenvalue weighted by Crippen LogP contribution is -2.39. The molecule has 0 fully saturated rings. The summed E-state index contributed by atoms with van der Waals surface area (Å²) in [6, 6.07) is 10.1. The first kappa shape index (κ1) is 21.4. The fourth-order valence-electron chi connectivity index (χ4n) is 3.24. The maximum Gasteiger partial charge on any atom is 0.209 e. The Morgan fingerprint density at radius 1 is 0.926 bits per heavy atom. The topological polar surface area (TPSA) is 52.4 Å². The molecule has 0 saturated carbocycles. The molecule has 1 heterocycles. The molecule has 3 atom stereocenters. The van der Waals surface area contributed by atoms with Gasteiger partial charge in [-0.25, -0.2) is 9.98 Å². The Kier molecular flexibility index (Phi) is 8.29. The van der Waals surface area contributed by atoms with Gasteiger partial charge in [0.2, 0.25) is 11.8 Å². The summed E-state index contributed by atoms with van der Waals surface area (Å²) in [5.41, 5.74) is 1.19. The van der Waals surface area contributed by atoms with Gasteiger partial charge in [0.05, 0.1) is 27.4 Å². The minimum atomic E-state index is -0.118. The van der Waals surface area contributed by atoms with Crippen LogP contribution in [0.2, 0.25) is 0 Å². The summed E-state index contributed by atoms with van der Waals surface area (Å²) in [6.45, 7) is 9.99. The van der Waals surface area contributed by atoms with Gasteiger partial charge >= 0.3 is 0 Å². The molecular weight excluding hydrogens is 340 g/mol. The second-order valence-electron chi connectivity index (χ2n) is 7.79. The van der Waals surface area contributed by atoms with E-state index < -0.39 is 0 Å². The zero-order valence-corrected chi connectivity index (χ0v) is 17.5. The van der Waals surface area contributed by atoms with Crippen molar-refractivity contribution in [2.24, 2.45) is 27.7 Å². The number of benzene rings is 1. The molecule has 1 aromatic carbocycles. The molecule has 5 nitrogen and oxygen atoms in total. The third-order valence-corrected chi connectivity index (χ3v) is 5.05. The van der Waals surface area contributed by atoms with Crippen molar-refractivity contribution in [2.75, 3.05) is 20.8 Å². The van der Waals surface area contributed by atoms with Gasteiger partial charge in [-0.3, -0.25) is 0 Å². The average molecular weight is 375 g/mol. The Morgan fingerprint density at radius 3 is 2.15 bits per heavy atom. The maximum absolute atomic E-state index is 6.01. The van der Waals surface area contributed by atoms with Crippen LogP contribution >= 0.6 is 0 Å². The van der Waals surface area contributed by atoms with Crippen LogP contribution in [-0.4, -0.2) is 44.7 Å². The predicted molar refractivity (Wildman–Crippen MR) is 110 cm³/mol. The van der Waals surface area contributed by atoms with E-state index in [1.54, 1.807) is 14.2 Å². The Hall–Kier alpha value is -1.88. The number of nitrogens with zero attached hydrogens (tertiary/aromatic N) is 2. The minimum Gasteiger partial charge on any atom is -0.483 e. The molecule has 0 unspecified atom stereocenters. The van der Waals surface area contributed by atoms with Crippen molar-refractivity contribution in [3.8, 4) is 0 Å². The van der Waals surface area contributed by atoms with Gasteiger partial charge in [0.25, 0.3) is 0 Å². The van der Waals surface area contributed by atoms with Crippen LogP contribution in [0.5, 0.6) is 0 Å². The van der Waals surface area contributed by atoms with E-state index >= 15 is 0 Å². The highest BCUT2D eigenvalue weighted by molar-refractivity contribution is 5.94. The molecule has 5 heteroatoms. The molecule has 1 aromatic rings. The van der Waals surface area contributed by atoms with Crippen LogP contribution in [0.15, 0.2) is 40.3 Å². The fraction of sp³-hybridized carbons (Fsp3) is 0.636. The molecule has 0 aliphatic carbocycles. The van der Waals surface area contributed by atoms with Crippen molar-refractivity contribution in [1.29, 1.82) is 0 Å². The second kappa shape index (κ2) is 10.5. The molecular formula is C22H34N2O3. The summed E-state index contributed by atoms with van der Waals surface area (Å²) in [7, 11) is 3.34. The van der Waals surface area contributed by atoms with Crippen molar-refractivity contribution in [1.82, 2.24) is 0 Å². The van der Waals surface area contributed by atoms with E-state index in [9.17, 15) is 0 Å². The monoisotopic (exact) mass is 374 g/mol. The lowest BCUT2D eigenvalue weighted by molar-refractivity contribution is 0.0667. The third kappa shape index (κ3) is 6.06. The van der Waals surface area contributed by atoms with E-state index in [2.05, 4.69) is 39.8 Å². The number of hydrogen-bond acceptors (Lipinski definition) is 5. The van der Waals surface area contributed by atoms with Crippen LogP contribution in [0, 0.1) is 17.8 Å². The highest BCUT2D eigenvalue weighted by Crippen LogP contribution is 2.25. The first-order valence-corrected chi connectivity index (χ1v) is 9.81.